The molecule has 5 aromatic heterocycles. The van der Waals surface area contributed by atoms with Gasteiger partial charge in [0, 0.05) is 21.5 Å². The topological polar surface area (TPSA) is 209 Å². The van der Waals surface area contributed by atoms with E-state index in [9.17, 15) is 49.1 Å². The van der Waals surface area contributed by atoms with E-state index in [-0.39, 0.29) is 18.1 Å². The number of alkyl halides is 10. The minimum Gasteiger partial charge on any atom is -0.475 e. The van der Waals surface area contributed by atoms with E-state index in [1.807, 2.05) is 86.6 Å². The Kier molecular flexibility index (Phi) is 19.3. The minimum atomic E-state index is -4.38. The van der Waals surface area contributed by atoms with Gasteiger partial charge in [-0.25, -0.2) is 4.79 Å². The van der Waals surface area contributed by atoms with Crippen LogP contribution in [0.2, 0.25) is 0 Å². The molecule has 5 heterocycles. The molecule has 14 nitrogen and oxygen atoms in total. The fourth-order valence-corrected chi connectivity index (χ4v) is 8.23. The quantitative estimate of drug-likeness (QED) is 0.0718. The summed E-state index contributed by atoms with van der Waals surface area (Å²) in [7, 11) is 0. The number of hydrogen-bond acceptors (Lipinski definition) is 9. The first kappa shape index (κ1) is 61.3. The van der Waals surface area contributed by atoms with Gasteiger partial charge in [0.25, 0.3) is 5.91 Å². The van der Waals surface area contributed by atoms with Crippen LogP contribution in [-0.2, 0) is 36.9 Å². The van der Waals surface area contributed by atoms with Crippen molar-refractivity contribution in [2.75, 3.05) is 16.8 Å². The first-order valence-electron chi connectivity index (χ1n) is 24.8. The Balaban J connectivity index is 0.000000161. The molecule has 0 fully saturated rings. The van der Waals surface area contributed by atoms with E-state index < -0.39 is 47.1 Å². The summed E-state index contributed by atoms with van der Waals surface area (Å²) in [6.45, 7) is 7.81. The number of nitrogens with two attached hydrogens (primary N) is 2. The lowest BCUT2D eigenvalue weighted by molar-refractivity contribution is -0.138. The molecule has 11 aromatic rings. The molecule has 11 rings (SSSR count). The van der Waals surface area contributed by atoms with Crippen LogP contribution in [0.4, 0.5) is 57.0 Å². The number of H-pyrrole nitrogens is 1. The number of nitrogens with zero attached hydrogens (tertiary/aromatic N) is 5. The van der Waals surface area contributed by atoms with Crippen molar-refractivity contribution in [1.29, 1.82) is 0 Å². The molecule has 0 saturated carbocycles. The van der Waals surface area contributed by atoms with E-state index in [1.165, 1.54) is 42.5 Å². The molecule has 0 unspecified atom stereocenters. The summed E-state index contributed by atoms with van der Waals surface area (Å²) in [4.78, 5) is 22.8. The summed E-state index contributed by atoms with van der Waals surface area (Å²) in [5.74, 6) is 1.42. The van der Waals surface area contributed by atoms with Crippen LogP contribution in [0.3, 0.4) is 0 Å². The number of amides is 1. The predicted molar refractivity (Wildman–Crippen MR) is 301 cm³/mol. The minimum absolute atomic E-state index is 0.00926. The van der Waals surface area contributed by atoms with Crippen molar-refractivity contribution in [3.63, 3.8) is 0 Å². The number of rotatable bonds is 8. The summed E-state index contributed by atoms with van der Waals surface area (Å²) in [6, 6.07) is 40.8. The van der Waals surface area contributed by atoms with Gasteiger partial charge in [0.05, 0.1) is 46.3 Å². The number of anilines is 3. The molecular weight excluding hydrogens is 1170 g/mol. The van der Waals surface area contributed by atoms with E-state index in [4.69, 9.17) is 25.4 Å². The average molecular weight is 1220 g/mol. The van der Waals surface area contributed by atoms with Gasteiger partial charge < -0.3 is 30.7 Å². The number of aryl methyl sites for hydroxylation is 4. The first-order chi connectivity index (χ1) is 39.2. The highest BCUT2D eigenvalue weighted by molar-refractivity contribution is 9.08. The van der Waals surface area contributed by atoms with Crippen LogP contribution < -0.4 is 16.8 Å². The first-order valence-corrected chi connectivity index (χ1v) is 25.9. The number of aromatic amines is 1. The summed E-state index contributed by atoms with van der Waals surface area (Å²) in [6.07, 6.45) is -12.9. The molecule has 0 aliphatic carbocycles. The SMILES string of the molecule is Cc1cc(C(=O)Nc2nn(Cc3ccc(C(F)(F)F)cc3)c3ccccc23)oc1C.Cc1cc(C(=O)O)oc1C.FC(F)(F)c1ccc(CBr)cc1.Nc1n[nH]c2ccccc12.Nc1nn(Cc2ccc(C(F)(F)F)cc2)c2ccccc12. The molecule has 0 spiro atoms. The van der Waals surface area contributed by atoms with Crippen molar-refractivity contribution in [3.05, 3.63) is 225 Å². The maximum absolute atomic E-state index is 12.8. The van der Waals surface area contributed by atoms with Crippen LogP contribution in [0, 0.1) is 27.7 Å². The van der Waals surface area contributed by atoms with Gasteiger partial charge in [-0.15, -0.1) is 0 Å². The number of hydrogen-bond donors (Lipinski definition) is 5. The molecular formula is C59H51BrF9N9O5. The van der Waals surface area contributed by atoms with Gasteiger partial charge in [-0.05, 0) is 140 Å². The zero-order valence-electron chi connectivity index (χ0n) is 44.4. The van der Waals surface area contributed by atoms with Crippen molar-refractivity contribution >= 4 is 78.0 Å². The zero-order valence-corrected chi connectivity index (χ0v) is 46.0. The number of para-hydroxylation sites is 3. The molecule has 6 aromatic carbocycles. The molecule has 83 heavy (non-hydrogen) atoms. The Bertz CT molecular complexity index is 3940. The number of carbonyl (C=O) groups is 2. The third-order valence-corrected chi connectivity index (χ3v) is 13.2. The van der Waals surface area contributed by atoms with Crippen molar-refractivity contribution in [2.24, 2.45) is 0 Å². The van der Waals surface area contributed by atoms with Crippen LogP contribution in [-0.4, -0.2) is 46.7 Å². The van der Waals surface area contributed by atoms with Gasteiger partial charge in [0.2, 0.25) is 5.76 Å². The summed E-state index contributed by atoms with van der Waals surface area (Å²) in [5.41, 5.74) is 16.0. The number of nitrogens with one attached hydrogen (secondary N) is 2. The Labute approximate surface area is 475 Å². The summed E-state index contributed by atoms with van der Waals surface area (Å²) in [5, 5.41) is 29.7. The van der Waals surface area contributed by atoms with Crippen LogP contribution in [0.25, 0.3) is 32.7 Å². The van der Waals surface area contributed by atoms with Crippen LogP contribution in [0.5, 0.6) is 0 Å². The number of carboxylic acids is 1. The number of aromatic nitrogens is 6. The lowest BCUT2D eigenvalue weighted by Crippen LogP contribution is -2.12. The highest BCUT2D eigenvalue weighted by Gasteiger charge is 2.32. The van der Waals surface area contributed by atoms with E-state index in [1.54, 1.807) is 29.3 Å². The molecule has 24 heteroatoms. The standard InChI is InChI=1S/C22H18F3N3O2.C15H12F3N3.C8H6BrF3.C7H7N3.C7H8O3/c1-13-11-19(30-14(13)2)21(29)26-20-17-5-3-4-6-18(17)28(27-20)12-15-7-9-16(10-8-15)22(23,24)25;16-15(17,18)11-7-5-10(6-8-11)9-21-13-4-2-1-3-12(13)14(19)20-21;9-5-6-1-3-7(4-2-6)8(10,11)12;8-7-5-3-1-2-4-6(5)9-10-7;1-4-3-6(7(8)9)10-5(4)2/h3-11H,12H2,1-2H3,(H,26,27,29);1-8H,9H2,(H2,19,20);1-4H,5H2;1-4H,(H3,8,9,10);3H,1-2H3,(H,8,9). The van der Waals surface area contributed by atoms with Crippen molar-refractivity contribution in [2.45, 2.75) is 64.6 Å². The summed E-state index contributed by atoms with van der Waals surface area (Å²) < 4.78 is 126. The van der Waals surface area contributed by atoms with Crippen LogP contribution in [0.1, 0.15) is 77.1 Å². The highest BCUT2D eigenvalue weighted by atomic mass is 79.9. The van der Waals surface area contributed by atoms with E-state index in [0.717, 1.165) is 91.4 Å². The maximum atomic E-state index is 12.8. The molecule has 432 valence electrons. The van der Waals surface area contributed by atoms with E-state index >= 15 is 0 Å². The number of furan rings is 2. The Hall–Kier alpha value is -9.32. The lowest BCUT2D eigenvalue weighted by Gasteiger charge is -2.08. The largest absolute Gasteiger partial charge is 0.475 e. The van der Waals surface area contributed by atoms with Gasteiger partial charge in [0.15, 0.2) is 23.2 Å². The summed E-state index contributed by atoms with van der Waals surface area (Å²) >= 11 is 3.15. The number of nitrogen functional groups attached to an aromatic ring is 2. The molecule has 0 atom stereocenters. The Morgan fingerprint density at radius 1 is 0.554 bits per heavy atom. The smallest absolute Gasteiger partial charge is 0.416 e. The Morgan fingerprint density at radius 3 is 1.39 bits per heavy atom. The fraction of sp³-hybridized carbons (Fsp3) is 0.169. The number of aromatic carboxylic acids is 1. The molecule has 1 amide bonds. The maximum Gasteiger partial charge on any atom is 0.416 e. The fourth-order valence-electron chi connectivity index (χ4n) is 7.86. The van der Waals surface area contributed by atoms with Gasteiger partial charge in [0.1, 0.15) is 11.5 Å². The van der Waals surface area contributed by atoms with Gasteiger partial charge in [-0.3, -0.25) is 19.3 Å². The molecule has 0 aliphatic heterocycles. The predicted octanol–water partition coefficient (Wildman–Crippen LogP) is 15.6. The van der Waals surface area contributed by atoms with Gasteiger partial charge >= 0.3 is 24.5 Å². The zero-order chi connectivity index (χ0) is 60.4. The lowest BCUT2D eigenvalue weighted by atomic mass is 10.1. The number of halogens is 10. The second-order valence-electron chi connectivity index (χ2n) is 18.4. The van der Waals surface area contributed by atoms with Gasteiger partial charge in [-0.2, -0.15) is 54.8 Å². The van der Waals surface area contributed by atoms with Crippen molar-refractivity contribution in [1.82, 2.24) is 29.8 Å². The molecule has 0 saturated heterocycles. The van der Waals surface area contributed by atoms with Crippen molar-refractivity contribution in [3.8, 4) is 0 Å². The number of carboxylic acid groups (broad SMARTS) is 1. The molecule has 0 aliphatic rings. The molecule has 0 bridgehead atoms. The second-order valence-corrected chi connectivity index (χ2v) is 19.0. The number of fused-ring (bicyclic) bond motifs is 3. The third kappa shape index (κ3) is 16.0. The number of carbonyl (C=O) groups excluding carboxylic acids is 1. The van der Waals surface area contributed by atoms with E-state index in [2.05, 4.69) is 41.6 Å². The molecule has 0 radical (unpaired) electrons. The average Bonchev–Trinajstić information content (AvgIpc) is 3.84. The van der Waals surface area contributed by atoms with Crippen LogP contribution in [0.15, 0.2) is 167 Å². The van der Waals surface area contributed by atoms with Crippen molar-refractivity contribution < 1.29 is 63.0 Å². The van der Waals surface area contributed by atoms with Crippen LogP contribution >= 0.6 is 15.9 Å². The highest BCUT2D eigenvalue weighted by Crippen LogP contribution is 2.32. The molecule has 7 N–H and O–H groups in total. The number of benzene rings is 6. The normalized spacial score (nSPS) is 11.4. The Morgan fingerprint density at radius 2 is 0.964 bits per heavy atom. The monoisotopic (exact) mass is 1220 g/mol. The van der Waals surface area contributed by atoms with Gasteiger partial charge in [-0.1, -0.05) is 88.7 Å². The third-order valence-electron chi connectivity index (χ3n) is 12.5. The second kappa shape index (κ2) is 26.1. The van der Waals surface area contributed by atoms with E-state index in [0.29, 0.717) is 46.4 Å².